The van der Waals surface area contributed by atoms with Crippen LogP contribution in [0.15, 0.2) is 47.6 Å². The van der Waals surface area contributed by atoms with Crippen LogP contribution in [0.25, 0.3) is 5.69 Å². The number of nitrogens with zero attached hydrogens (tertiary/aromatic N) is 4. The number of carbonyl (C=O) groups is 1. The molecule has 1 unspecified atom stereocenters. The minimum Gasteiger partial charge on any atom is -0.323 e. The lowest BCUT2D eigenvalue weighted by molar-refractivity contribution is -0.113. The van der Waals surface area contributed by atoms with Crippen LogP contribution in [0.3, 0.4) is 0 Å². The van der Waals surface area contributed by atoms with Gasteiger partial charge in [-0.1, -0.05) is 52.6 Å². The molecule has 0 aliphatic carbocycles. The predicted octanol–water partition coefficient (Wildman–Crippen LogP) is 5.58. The van der Waals surface area contributed by atoms with Crippen LogP contribution in [0.2, 0.25) is 15.1 Å². The van der Waals surface area contributed by atoms with Crippen molar-refractivity contribution < 1.29 is 4.79 Å². The zero-order valence-corrected chi connectivity index (χ0v) is 19.6. The van der Waals surface area contributed by atoms with Gasteiger partial charge in [0.2, 0.25) is 5.91 Å². The summed E-state index contributed by atoms with van der Waals surface area (Å²) in [5.41, 5.74) is 1.26. The number of anilines is 1. The highest BCUT2D eigenvalue weighted by atomic mass is 35.5. The molecule has 3 aromatic rings. The third kappa shape index (κ3) is 5.28. The average molecular weight is 485 g/mol. The van der Waals surface area contributed by atoms with E-state index < -0.39 is 0 Å². The summed E-state index contributed by atoms with van der Waals surface area (Å²) in [6.07, 6.45) is 0. The Morgan fingerprint density at radius 2 is 1.73 bits per heavy atom. The van der Waals surface area contributed by atoms with E-state index in [4.69, 9.17) is 34.8 Å². The second-order valence-electron chi connectivity index (χ2n) is 6.73. The van der Waals surface area contributed by atoms with E-state index in [-0.39, 0.29) is 17.7 Å². The van der Waals surface area contributed by atoms with Crippen molar-refractivity contribution in [3.8, 4) is 5.69 Å². The molecule has 0 fully saturated rings. The Kier molecular flexibility index (Phi) is 7.65. The smallest absolute Gasteiger partial charge is 0.234 e. The van der Waals surface area contributed by atoms with Gasteiger partial charge in [0.25, 0.3) is 0 Å². The number of aromatic nitrogens is 3. The second-order valence-corrected chi connectivity index (χ2v) is 8.92. The molecule has 1 N–H and O–H groups in total. The fraction of sp³-hybridized carbons (Fsp3) is 0.250. The van der Waals surface area contributed by atoms with Crippen LogP contribution < -0.4 is 5.32 Å². The van der Waals surface area contributed by atoms with Gasteiger partial charge in [-0.05, 0) is 57.4 Å². The Morgan fingerprint density at radius 1 is 1.10 bits per heavy atom. The zero-order valence-electron chi connectivity index (χ0n) is 16.6. The zero-order chi connectivity index (χ0) is 21.8. The van der Waals surface area contributed by atoms with Crippen molar-refractivity contribution in [3.05, 3.63) is 63.4 Å². The third-order valence-corrected chi connectivity index (χ3v) is 6.26. The predicted molar refractivity (Wildman–Crippen MR) is 124 cm³/mol. The molecule has 3 rings (SSSR count). The molecular weight excluding hydrogens is 465 g/mol. The maximum Gasteiger partial charge on any atom is 0.234 e. The molecule has 30 heavy (non-hydrogen) atoms. The molecule has 1 amide bonds. The van der Waals surface area contributed by atoms with Crippen molar-refractivity contribution in [1.29, 1.82) is 0 Å². The molecule has 6 nitrogen and oxygen atoms in total. The summed E-state index contributed by atoms with van der Waals surface area (Å²) < 4.78 is 1.93. The van der Waals surface area contributed by atoms with Crippen LogP contribution in [0.1, 0.15) is 18.8 Å². The van der Waals surface area contributed by atoms with Gasteiger partial charge in [-0.3, -0.25) is 14.3 Å². The number of para-hydroxylation sites is 1. The quantitative estimate of drug-likeness (QED) is 0.443. The molecule has 0 spiro atoms. The Hall–Kier alpha value is -1.77. The van der Waals surface area contributed by atoms with Gasteiger partial charge in [-0.15, -0.1) is 10.2 Å². The minimum atomic E-state index is -0.247. The molecule has 1 heterocycles. The lowest BCUT2D eigenvalue weighted by atomic mass is 10.2. The number of halogens is 3. The second kappa shape index (κ2) is 10.0. The summed E-state index contributed by atoms with van der Waals surface area (Å²) in [6, 6.07) is 12.5. The summed E-state index contributed by atoms with van der Waals surface area (Å²) in [5.74, 6) is 0.631. The summed E-state index contributed by atoms with van der Waals surface area (Å²) in [5, 5.41) is 13.4. The fourth-order valence-electron chi connectivity index (χ4n) is 2.63. The fourth-order valence-corrected chi connectivity index (χ4v) is 4.01. The van der Waals surface area contributed by atoms with E-state index in [1.54, 1.807) is 18.2 Å². The van der Waals surface area contributed by atoms with E-state index in [2.05, 4.69) is 15.5 Å². The molecule has 1 aromatic heterocycles. The molecule has 10 heteroatoms. The van der Waals surface area contributed by atoms with Gasteiger partial charge in [0.05, 0.1) is 27.5 Å². The maximum atomic E-state index is 12.5. The largest absolute Gasteiger partial charge is 0.323 e. The first-order valence-corrected chi connectivity index (χ1v) is 11.1. The topological polar surface area (TPSA) is 63.1 Å². The molecule has 0 saturated carbocycles. The number of thioether (sulfide) groups is 1. The molecule has 0 bridgehead atoms. The first-order valence-electron chi connectivity index (χ1n) is 9.02. The van der Waals surface area contributed by atoms with E-state index in [1.165, 1.54) is 11.8 Å². The van der Waals surface area contributed by atoms with E-state index in [0.717, 1.165) is 11.5 Å². The van der Waals surface area contributed by atoms with E-state index >= 15 is 0 Å². The van der Waals surface area contributed by atoms with Crippen LogP contribution >= 0.6 is 46.6 Å². The number of amides is 1. The highest BCUT2D eigenvalue weighted by Gasteiger charge is 2.22. The number of hydrogen-bond acceptors (Lipinski definition) is 5. The first kappa shape index (κ1) is 22.9. The molecule has 0 aliphatic rings. The standard InChI is InChI=1S/C20H20Cl3N5OS/c1-12(27(2)3)19-25-26-20(28(19)14-9-7-13(21)8-10-14)30-11-17(29)24-18-15(22)5-4-6-16(18)23/h4-10,12H,11H2,1-3H3,(H,24,29). The van der Waals surface area contributed by atoms with E-state index in [0.29, 0.717) is 25.9 Å². The van der Waals surface area contributed by atoms with Crippen molar-refractivity contribution in [1.82, 2.24) is 19.7 Å². The average Bonchev–Trinajstić information content (AvgIpc) is 3.13. The normalized spacial score (nSPS) is 12.2. The van der Waals surface area contributed by atoms with Gasteiger partial charge >= 0.3 is 0 Å². The van der Waals surface area contributed by atoms with Crippen molar-refractivity contribution in [2.75, 3.05) is 25.2 Å². The van der Waals surface area contributed by atoms with Crippen LogP contribution in [0, 0.1) is 0 Å². The van der Waals surface area contributed by atoms with E-state index in [9.17, 15) is 4.79 Å². The molecule has 2 aromatic carbocycles. The number of nitrogens with one attached hydrogen (secondary N) is 1. The van der Waals surface area contributed by atoms with Gasteiger partial charge in [0.1, 0.15) is 0 Å². The van der Waals surface area contributed by atoms with Gasteiger partial charge in [-0.25, -0.2) is 0 Å². The van der Waals surface area contributed by atoms with Gasteiger partial charge < -0.3 is 5.32 Å². The van der Waals surface area contributed by atoms with E-state index in [1.807, 2.05) is 54.8 Å². The molecule has 0 aliphatic heterocycles. The summed E-state index contributed by atoms with van der Waals surface area (Å²) in [4.78, 5) is 14.5. The third-order valence-electron chi connectivity index (χ3n) is 4.45. The highest BCUT2D eigenvalue weighted by molar-refractivity contribution is 7.99. The summed E-state index contributed by atoms with van der Waals surface area (Å²) in [7, 11) is 3.94. The van der Waals surface area contributed by atoms with Gasteiger partial charge in [-0.2, -0.15) is 0 Å². The Balaban J connectivity index is 1.83. The SMILES string of the molecule is CC(c1nnc(SCC(=O)Nc2c(Cl)cccc2Cl)n1-c1ccc(Cl)cc1)N(C)C. The molecule has 158 valence electrons. The first-order chi connectivity index (χ1) is 14.3. The molecule has 0 saturated heterocycles. The molecular formula is C20H20Cl3N5OS. The lowest BCUT2D eigenvalue weighted by Crippen LogP contribution is -2.21. The van der Waals surface area contributed by atoms with Crippen LogP contribution in [-0.4, -0.2) is 45.4 Å². The number of benzene rings is 2. The van der Waals surface area contributed by atoms with Gasteiger partial charge in [0, 0.05) is 10.7 Å². The van der Waals surface area contributed by atoms with Crippen molar-refractivity contribution >= 4 is 58.2 Å². The Bertz CT molecular complexity index is 1020. The van der Waals surface area contributed by atoms with Crippen molar-refractivity contribution in [3.63, 3.8) is 0 Å². The number of rotatable bonds is 7. The van der Waals surface area contributed by atoms with Crippen molar-refractivity contribution in [2.45, 2.75) is 18.1 Å². The van der Waals surface area contributed by atoms with Crippen LogP contribution in [-0.2, 0) is 4.79 Å². The van der Waals surface area contributed by atoms with Crippen LogP contribution in [0.4, 0.5) is 5.69 Å². The Morgan fingerprint density at radius 3 is 2.33 bits per heavy atom. The monoisotopic (exact) mass is 483 g/mol. The van der Waals surface area contributed by atoms with Crippen LogP contribution in [0.5, 0.6) is 0 Å². The van der Waals surface area contributed by atoms with Gasteiger partial charge in [0.15, 0.2) is 11.0 Å². The summed E-state index contributed by atoms with van der Waals surface area (Å²) >= 11 is 19.6. The molecule has 0 radical (unpaired) electrons. The number of carbonyl (C=O) groups excluding carboxylic acids is 1. The number of hydrogen-bond donors (Lipinski definition) is 1. The lowest BCUT2D eigenvalue weighted by Gasteiger charge is -2.20. The summed E-state index contributed by atoms with van der Waals surface area (Å²) in [6.45, 7) is 2.04. The minimum absolute atomic E-state index is 0.0123. The molecule has 1 atom stereocenters. The maximum absolute atomic E-state index is 12.5. The Labute approximate surface area is 194 Å². The highest BCUT2D eigenvalue weighted by Crippen LogP contribution is 2.31. The van der Waals surface area contributed by atoms with Crippen molar-refractivity contribution in [2.24, 2.45) is 0 Å².